The Hall–Kier alpha value is -1.79. The molecule has 0 aliphatic rings. The normalized spacial score (nSPS) is 10.0. The van der Waals surface area contributed by atoms with Crippen LogP contribution < -0.4 is 0 Å². The summed E-state index contributed by atoms with van der Waals surface area (Å²) in [6.45, 7) is 3.65. The van der Waals surface area contributed by atoms with E-state index in [2.05, 4.69) is 17.7 Å². The molecule has 0 spiro atoms. The molecular weight excluding hydrogens is 198 g/mol. The SMILES string of the molecule is C=Cc1cc(C#N)n2ncc(Cl)c2c1. The van der Waals surface area contributed by atoms with E-state index in [1.807, 2.05) is 6.07 Å². The van der Waals surface area contributed by atoms with E-state index < -0.39 is 0 Å². The van der Waals surface area contributed by atoms with Gasteiger partial charge in [0.15, 0.2) is 0 Å². The van der Waals surface area contributed by atoms with Gasteiger partial charge in [-0.2, -0.15) is 10.4 Å². The van der Waals surface area contributed by atoms with Crippen molar-refractivity contribution in [2.75, 3.05) is 0 Å². The van der Waals surface area contributed by atoms with E-state index in [1.165, 1.54) is 10.7 Å². The van der Waals surface area contributed by atoms with E-state index in [1.54, 1.807) is 12.1 Å². The van der Waals surface area contributed by atoms with Gasteiger partial charge in [0.25, 0.3) is 0 Å². The maximum absolute atomic E-state index is 8.88. The van der Waals surface area contributed by atoms with Gasteiger partial charge in [-0.15, -0.1) is 0 Å². The van der Waals surface area contributed by atoms with Crippen LogP contribution in [0.25, 0.3) is 11.6 Å². The number of pyridine rings is 1. The number of fused-ring (bicyclic) bond motifs is 1. The molecule has 0 fully saturated rings. The van der Waals surface area contributed by atoms with Crippen LogP contribution in [0.2, 0.25) is 5.02 Å². The van der Waals surface area contributed by atoms with Crippen LogP contribution in [0.3, 0.4) is 0 Å². The van der Waals surface area contributed by atoms with Crippen molar-refractivity contribution < 1.29 is 0 Å². The highest BCUT2D eigenvalue weighted by molar-refractivity contribution is 6.33. The Bertz CT molecular complexity index is 548. The average molecular weight is 204 g/mol. The highest BCUT2D eigenvalue weighted by Gasteiger charge is 2.06. The minimum absolute atomic E-state index is 0.448. The second-order valence-electron chi connectivity index (χ2n) is 2.78. The summed E-state index contributed by atoms with van der Waals surface area (Å²) in [5.41, 5.74) is 2.03. The first-order chi connectivity index (χ1) is 6.76. The summed E-state index contributed by atoms with van der Waals surface area (Å²) in [7, 11) is 0. The molecular formula is C10H6ClN3. The van der Waals surface area contributed by atoms with E-state index in [0.29, 0.717) is 10.7 Å². The van der Waals surface area contributed by atoms with Gasteiger partial charge in [-0.3, -0.25) is 0 Å². The minimum atomic E-state index is 0.448. The van der Waals surface area contributed by atoms with Crippen molar-refractivity contribution in [2.24, 2.45) is 0 Å². The fraction of sp³-hybridized carbons (Fsp3) is 0. The molecule has 0 amide bonds. The molecule has 4 heteroatoms. The standard InChI is InChI=1S/C10H6ClN3/c1-2-7-3-8(5-12)14-10(4-7)9(11)6-13-14/h2-4,6H,1H2. The molecule has 0 saturated heterocycles. The lowest BCUT2D eigenvalue weighted by Crippen LogP contribution is -1.94. The third-order valence-corrected chi connectivity index (χ3v) is 2.24. The third kappa shape index (κ3) is 1.17. The zero-order valence-corrected chi connectivity index (χ0v) is 7.99. The molecule has 0 saturated carbocycles. The van der Waals surface area contributed by atoms with Gasteiger partial charge in [-0.25, -0.2) is 4.52 Å². The summed E-state index contributed by atoms with van der Waals surface area (Å²) in [5, 5.41) is 13.4. The largest absolute Gasteiger partial charge is 0.221 e. The van der Waals surface area contributed by atoms with Crippen LogP contribution in [0.5, 0.6) is 0 Å². The van der Waals surface area contributed by atoms with E-state index in [0.717, 1.165) is 11.1 Å². The van der Waals surface area contributed by atoms with Crippen LogP contribution in [0.15, 0.2) is 24.9 Å². The molecule has 0 aliphatic heterocycles. The number of hydrogen-bond acceptors (Lipinski definition) is 2. The van der Waals surface area contributed by atoms with E-state index >= 15 is 0 Å². The van der Waals surface area contributed by atoms with Crippen molar-refractivity contribution >= 4 is 23.2 Å². The number of halogens is 1. The summed E-state index contributed by atoms with van der Waals surface area (Å²) in [6.07, 6.45) is 3.19. The topological polar surface area (TPSA) is 41.1 Å². The molecule has 0 N–H and O–H groups in total. The second-order valence-corrected chi connectivity index (χ2v) is 3.19. The summed E-state index contributed by atoms with van der Waals surface area (Å²) in [6, 6.07) is 5.60. The summed E-state index contributed by atoms with van der Waals surface area (Å²) >= 11 is 5.90. The smallest absolute Gasteiger partial charge is 0.143 e. The number of nitrogens with zero attached hydrogens (tertiary/aromatic N) is 3. The van der Waals surface area contributed by atoms with Gasteiger partial charge in [0, 0.05) is 0 Å². The van der Waals surface area contributed by atoms with Gasteiger partial charge >= 0.3 is 0 Å². The molecule has 14 heavy (non-hydrogen) atoms. The molecule has 3 nitrogen and oxygen atoms in total. The number of nitriles is 1. The Morgan fingerprint density at radius 1 is 1.57 bits per heavy atom. The Morgan fingerprint density at radius 3 is 3.00 bits per heavy atom. The minimum Gasteiger partial charge on any atom is -0.221 e. The number of aromatic nitrogens is 2. The van der Waals surface area contributed by atoms with E-state index in [4.69, 9.17) is 16.9 Å². The van der Waals surface area contributed by atoms with Crippen molar-refractivity contribution in [2.45, 2.75) is 0 Å². The predicted molar refractivity (Wildman–Crippen MR) is 55.0 cm³/mol. The first kappa shape index (κ1) is 8.79. The van der Waals surface area contributed by atoms with Gasteiger partial charge in [-0.1, -0.05) is 24.3 Å². The van der Waals surface area contributed by atoms with Gasteiger partial charge in [0.1, 0.15) is 11.8 Å². The second kappa shape index (κ2) is 3.17. The molecule has 2 aromatic rings. The predicted octanol–water partition coefficient (Wildman–Crippen LogP) is 2.50. The molecule has 2 aromatic heterocycles. The maximum Gasteiger partial charge on any atom is 0.143 e. The molecule has 0 aliphatic carbocycles. The molecule has 0 bridgehead atoms. The first-order valence-electron chi connectivity index (χ1n) is 3.96. The molecule has 68 valence electrons. The Balaban J connectivity index is 2.91. The fourth-order valence-electron chi connectivity index (χ4n) is 1.28. The van der Waals surface area contributed by atoms with Crippen LogP contribution in [0.1, 0.15) is 11.3 Å². The lowest BCUT2D eigenvalue weighted by molar-refractivity contribution is 0.940. The Kier molecular flexibility index (Phi) is 1.99. The van der Waals surface area contributed by atoms with Crippen molar-refractivity contribution in [3.63, 3.8) is 0 Å². The van der Waals surface area contributed by atoms with Crippen LogP contribution in [0.4, 0.5) is 0 Å². The monoisotopic (exact) mass is 203 g/mol. The highest BCUT2D eigenvalue weighted by atomic mass is 35.5. The lowest BCUT2D eigenvalue weighted by atomic mass is 10.2. The van der Waals surface area contributed by atoms with Gasteiger partial charge in [0.05, 0.1) is 16.7 Å². The summed E-state index contributed by atoms with van der Waals surface area (Å²) < 4.78 is 1.51. The summed E-state index contributed by atoms with van der Waals surface area (Å²) in [5.74, 6) is 0. The van der Waals surface area contributed by atoms with E-state index in [-0.39, 0.29) is 0 Å². The van der Waals surface area contributed by atoms with Crippen LogP contribution in [-0.2, 0) is 0 Å². The zero-order valence-electron chi connectivity index (χ0n) is 7.24. The Morgan fingerprint density at radius 2 is 2.36 bits per heavy atom. The number of rotatable bonds is 1. The average Bonchev–Trinajstić information content (AvgIpc) is 2.59. The molecule has 2 rings (SSSR count). The van der Waals surface area contributed by atoms with Crippen molar-refractivity contribution in [3.8, 4) is 6.07 Å². The third-order valence-electron chi connectivity index (χ3n) is 1.94. The highest BCUT2D eigenvalue weighted by Crippen LogP contribution is 2.20. The van der Waals surface area contributed by atoms with Crippen molar-refractivity contribution in [3.05, 3.63) is 41.2 Å². The molecule has 2 heterocycles. The first-order valence-corrected chi connectivity index (χ1v) is 4.34. The van der Waals surface area contributed by atoms with Crippen LogP contribution in [0, 0.1) is 11.3 Å². The van der Waals surface area contributed by atoms with Gasteiger partial charge < -0.3 is 0 Å². The molecule has 0 atom stereocenters. The zero-order chi connectivity index (χ0) is 10.1. The molecule has 0 radical (unpaired) electrons. The van der Waals surface area contributed by atoms with E-state index in [9.17, 15) is 0 Å². The molecule has 0 unspecified atom stereocenters. The van der Waals surface area contributed by atoms with Crippen LogP contribution in [-0.4, -0.2) is 9.61 Å². The lowest BCUT2D eigenvalue weighted by Gasteiger charge is -1.99. The molecule has 0 aromatic carbocycles. The summed E-state index contributed by atoms with van der Waals surface area (Å²) in [4.78, 5) is 0. The Labute approximate surface area is 85.8 Å². The quantitative estimate of drug-likeness (QED) is 0.715. The van der Waals surface area contributed by atoms with Crippen molar-refractivity contribution in [1.29, 1.82) is 5.26 Å². The van der Waals surface area contributed by atoms with Crippen molar-refractivity contribution in [1.82, 2.24) is 9.61 Å². The van der Waals surface area contributed by atoms with Crippen LogP contribution >= 0.6 is 11.6 Å². The van der Waals surface area contributed by atoms with Gasteiger partial charge in [0.2, 0.25) is 0 Å². The van der Waals surface area contributed by atoms with Gasteiger partial charge in [-0.05, 0) is 17.7 Å². The number of hydrogen-bond donors (Lipinski definition) is 0. The fourth-order valence-corrected chi connectivity index (χ4v) is 1.45. The maximum atomic E-state index is 8.88.